The molecular formula is C9H18O3. The molecule has 0 radical (unpaired) electrons. The fourth-order valence-electron chi connectivity index (χ4n) is 0.683. The lowest BCUT2D eigenvalue weighted by atomic mass is 10.4. The zero-order valence-corrected chi connectivity index (χ0v) is 8.08. The van der Waals surface area contributed by atoms with Gasteiger partial charge in [0.25, 0.3) is 0 Å². The zero-order valence-electron chi connectivity index (χ0n) is 8.08. The van der Waals surface area contributed by atoms with Gasteiger partial charge in [-0.05, 0) is 13.8 Å². The third kappa shape index (κ3) is 7.72. The molecule has 0 saturated heterocycles. The van der Waals surface area contributed by atoms with Gasteiger partial charge in [-0.1, -0.05) is 12.2 Å². The first-order chi connectivity index (χ1) is 5.81. The summed E-state index contributed by atoms with van der Waals surface area (Å²) < 4.78 is 15.2. The van der Waals surface area contributed by atoms with Crippen LogP contribution in [-0.4, -0.2) is 33.2 Å². The number of rotatable bonds is 7. The Hall–Kier alpha value is -0.380. The SMILES string of the molecule is C/C=C/C(C)OCOCCOC. The summed E-state index contributed by atoms with van der Waals surface area (Å²) >= 11 is 0. The highest BCUT2D eigenvalue weighted by atomic mass is 16.7. The number of ether oxygens (including phenoxy) is 3. The Balaban J connectivity index is 3.08. The predicted molar refractivity (Wildman–Crippen MR) is 48.1 cm³/mol. The summed E-state index contributed by atoms with van der Waals surface area (Å²) in [7, 11) is 1.65. The van der Waals surface area contributed by atoms with Crippen LogP contribution in [0.3, 0.4) is 0 Å². The lowest BCUT2D eigenvalue weighted by molar-refractivity contribution is -0.0803. The van der Waals surface area contributed by atoms with E-state index in [1.165, 1.54) is 0 Å². The van der Waals surface area contributed by atoms with Crippen molar-refractivity contribution in [2.45, 2.75) is 20.0 Å². The number of hydrogen-bond donors (Lipinski definition) is 0. The number of methoxy groups -OCH3 is 1. The summed E-state index contributed by atoms with van der Waals surface area (Å²) in [4.78, 5) is 0. The number of hydrogen-bond acceptors (Lipinski definition) is 3. The van der Waals surface area contributed by atoms with Gasteiger partial charge in [-0.2, -0.15) is 0 Å². The van der Waals surface area contributed by atoms with Gasteiger partial charge in [-0.25, -0.2) is 0 Å². The molecule has 0 amide bonds. The predicted octanol–water partition coefficient (Wildman–Crippen LogP) is 1.59. The molecule has 0 aromatic heterocycles. The average molecular weight is 174 g/mol. The molecular weight excluding hydrogens is 156 g/mol. The maximum absolute atomic E-state index is 5.26. The molecule has 3 heteroatoms. The number of allylic oxidation sites excluding steroid dienone is 1. The highest BCUT2D eigenvalue weighted by molar-refractivity contribution is 4.83. The van der Waals surface area contributed by atoms with Gasteiger partial charge in [0.1, 0.15) is 6.79 Å². The fraction of sp³-hybridized carbons (Fsp3) is 0.778. The smallest absolute Gasteiger partial charge is 0.147 e. The first-order valence-electron chi connectivity index (χ1n) is 4.12. The second-order valence-corrected chi connectivity index (χ2v) is 2.42. The van der Waals surface area contributed by atoms with Crippen LogP contribution in [0.4, 0.5) is 0 Å². The first kappa shape index (κ1) is 11.6. The fourth-order valence-corrected chi connectivity index (χ4v) is 0.683. The van der Waals surface area contributed by atoms with Gasteiger partial charge < -0.3 is 14.2 Å². The van der Waals surface area contributed by atoms with Gasteiger partial charge in [0.15, 0.2) is 0 Å². The molecule has 0 N–H and O–H groups in total. The molecule has 0 spiro atoms. The first-order valence-corrected chi connectivity index (χ1v) is 4.12. The summed E-state index contributed by atoms with van der Waals surface area (Å²) in [5.41, 5.74) is 0. The third-order valence-electron chi connectivity index (χ3n) is 1.31. The van der Waals surface area contributed by atoms with Crippen LogP contribution >= 0.6 is 0 Å². The largest absolute Gasteiger partial charge is 0.382 e. The van der Waals surface area contributed by atoms with Crippen molar-refractivity contribution in [3.05, 3.63) is 12.2 Å². The van der Waals surface area contributed by atoms with Crippen LogP contribution < -0.4 is 0 Å². The molecule has 72 valence electrons. The molecule has 0 heterocycles. The van der Waals surface area contributed by atoms with Crippen LogP contribution in [0, 0.1) is 0 Å². The Morgan fingerprint density at radius 1 is 1.33 bits per heavy atom. The van der Waals surface area contributed by atoms with Crippen molar-refractivity contribution in [2.24, 2.45) is 0 Å². The van der Waals surface area contributed by atoms with Crippen molar-refractivity contribution in [1.29, 1.82) is 0 Å². The molecule has 0 aliphatic rings. The van der Waals surface area contributed by atoms with E-state index in [1.807, 2.05) is 26.0 Å². The second kappa shape index (κ2) is 8.71. The van der Waals surface area contributed by atoms with Crippen LogP contribution in [0.2, 0.25) is 0 Å². The standard InChI is InChI=1S/C9H18O3/c1-4-5-9(2)12-8-11-7-6-10-3/h4-5,9H,6-8H2,1-3H3/b5-4+. The highest BCUT2D eigenvalue weighted by Crippen LogP contribution is 1.92. The van der Waals surface area contributed by atoms with E-state index in [1.54, 1.807) is 7.11 Å². The molecule has 3 nitrogen and oxygen atoms in total. The molecule has 1 unspecified atom stereocenters. The van der Waals surface area contributed by atoms with Crippen molar-refractivity contribution in [3.8, 4) is 0 Å². The molecule has 0 rings (SSSR count). The highest BCUT2D eigenvalue weighted by Gasteiger charge is 1.94. The molecule has 0 fully saturated rings. The molecule has 0 aliphatic heterocycles. The van der Waals surface area contributed by atoms with Crippen LogP contribution in [0.5, 0.6) is 0 Å². The Labute approximate surface area is 74.3 Å². The van der Waals surface area contributed by atoms with E-state index in [4.69, 9.17) is 14.2 Å². The summed E-state index contributed by atoms with van der Waals surface area (Å²) in [5, 5.41) is 0. The minimum atomic E-state index is 0.123. The normalized spacial score (nSPS) is 13.9. The van der Waals surface area contributed by atoms with E-state index < -0.39 is 0 Å². The van der Waals surface area contributed by atoms with Crippen LogP contribution in [0.15, 0.2) is 12.2 Å². The van der Waals surface area contributed by atoms with Gasteiger partial charge in [0.2, 0.25) is 0 Å². The molecule has 12 heavy (non-hydrogen) atoms. The topological polar surface area (TPSA) is 27.7 Å². The van der Waals surface area contributed by atoms with Crippen LogP contribution in [-0.2, 0) is 14.2 Å². The Morgan fingerprint density at radius 2 is 2.08 bits per heavy atom. The summed E-state index contributed by atoms with van der Waals surface area (Å²) in [6, 6.07) is 0. The van der Waals surface area contributed by atoms with Gasteiger partial charge >= 0.3 is 0 Å². The molecule has 1 atom stereocenters. The monoisotopic (exact) mass is 174 g/mol. The molecule has 0 aromatic rings. The molecule has 0 bridgehead atoms. The second-order valence-electron chi connectivity index (χ2n) is 2.42. The Bertz CT molecular complexity index is 112. The van der Waals surface area contributed by atoms with E-state index in [9.17, 15) is 0 Å². The summed E-state index contributed by atoms with van der Waals surface area (Å²) in [6.45, 7) is 5.46. The van der Waals surface area contributed by atoms with Crippen molar-refractivity contribution >= 4 is 0 Å². The van der Waals surface area contributed by atoms with Gasteiger partial charge in [0.05, 0.1) is 19.3 Å². The maximum atomic E-state index is 5.26. The van der Waals surface area contributed by atoms with Crippen LogP contribution in [0.25, 0.3) is 0 Å². The van der Waals surface area contributed by atoms with Crippen molar-refractivity contribution in [3.63, 3.8) is 0 Å². The van der Waals surface area contributed by atoms with Crippen molar-refractivity contribution in [2.75, 3.05) is 27.1 Å². The van der Waals surface area contributed by atoms with E-state index in [2.05, 4.69) is 0 Å². The molecule has 0 aliphatic carbocycles. The lowest BCUT2D eigenvalue weighted by Gasteiger charge is -2.08. The van der Waals surface area contributed by atoms with Gasteiger partial charge in [0, 0.05) is 7.11 Å². The van der Waals surface area contributed by atoms with Crippen molar-refractivity contribution in [1.82, 2.24) is 0 Å². The van der Waals surface area contributed by atoms with Gasteiger partial charge in [-0.3, -0.25) is 0 Å². The van der Waals surface area contributed by atoms with E-state index in [0.29, 0.717) is 20.0 Å². The summed E-state index contributed by atoms with van der Waals surface area (Å²) in [5.74, 6) is 0. The maximum Gasteiger partial charge on any atom is 0.147 e. The Morgan fingerprint density at radius 3 is 2.67 bits per heavy atom. The molecule has 0 saturated carbocycles. The van der Waals surface area contributed by atoms with E-state index in [-0.39, 0.29) is 6.10 Å². The summed E-state index contributed by atoms with van der Waals surface area (Å²) in [6.07, 6.45) is 4.05. The van der Waals surface area contributed by atoms with Crippen molar-refractivity contribution < 1.29 is 14.2 Å². The lowest BCUT2D eigenvalue weighted by Crippen LogP contribution is -2.10. The minimum absolute atomic E-state index is 0.123. The van der Waals surface area contributed by atoms with Gasteiger partial charge in [-0.15, -0.1) is 0 Å². The van der Waals surface area contributed by atoms with E-state index in [0.717, 1.165) is 0 Å². The minimum Gasteiger partial charge on any atom is -0.382 e. The Kier molecular flexibility index (Phi) is 8.44. The third-order valence-corrected chi connectivity index (χ3v) is 1.31. The van der Waals surface area contributed by atoms with E-state index >= 15 is 0 Å². The quantitative estimate of drug-likeness (QED) is 0.333. The molecule has 0 aromatic carbocycles. The van der Waals surface area contributed by atoms with Crippen LogP contribution in [0.1, 0.15) is 13.8 Å². The average Bonchev–Trinajstić information content (AvgIpc) is 2.05. The zero-order chi connectivity index (χ0) is 9.23.